The highest BCUT2D eigenvalue weighted by Gasteiger charge is 2.10. The number of nitrogens with zero attached hydrogens (tertiary/aromatic N) is 2. The second kappa shape index (κ2) is 8.56. The van der Waals surface area contributed by atoms with Gasteiger partial charge >= 0.3 is 0 Å². The molecule has 0 fully saturated rings. The van der Waals surface area contributed by atoms with Crippen molar-refractivity contribution >= 4 is 35.6 Å². The molecular weight excluding hydrogens is 315 g/mol. The third-order valence-corrected chi connectivity index (χ3v) is 3.84. The number of rotatable bonds is 6. The summed E-state index contributed by atoms with van der Waals surface area (Å²) in [6.45, 7) is 2.92. The summed E-state index contributed by atoms with van der Waals surface area (Å²) in [5, 5.41) is 0.790. The van der Waals surface area contributed by atoms with Gasteiger partial charge in [-0.05, 0) is 18.1 Å². The maximum absolute atomic E-state index is 6.23. The number of aromatic nitrogens is 2. The smallest absolute Gasteiger partial charge is 0.109 e. The maximum atomic E-state index is 6.23. The minimum atomic E-state index is 0. The molecule has 1 heterocycles. The molecule has 2 rings (SSSR count). The summed E-state index contributed by atoms with van der Waals surface area (Å²) in [5.41, 5.74) is 2.15. The van der Waals surface area contributed by atoms with Gasteiger partial charge in [0.1, 0.15) is 5.82 Å². The van der Waals surface area contributed by atoms with Crippen LogP contribution < -0.4 is 0 Å². The molecule has 0 N–H and O–H groups in total. The fourth-order valence-electron chi connectivity index (χ4n) is 2.08. The molecule has 5 heteroatoms. The predicted molar refractivity (Wildman–Crippen MR) is 88.2 cm³/mol. The molecule has 2 nitrogen and oxygen atoms in total. The number of benzene rings is 1. The first-order valence-electron chi connectivity index (χ1n) is 6.59. The number of unbranched alkanes of at least 4 members (excludes halogenated alkanes) is 1. The van der Waals surface area contributed by atoms with E-state index in [1.165, 1.54) is 0 Å². The molecule has 0 amide bonds. The van der Waals surface area contributed by atoms with Crippen molar-refractivity contribution in [1.82, 2.24) is 9.55 Å². The fraction of sp³-hybridized carbons (Fsp3) is 0.400. The van der Waals surface area contributed by atoms with Gasteiger partial charge in [0.25, 0.3) is 0 Å². The Bertz CT molecular complexity index is 538. The maximum Gasteiger partial charge on any atom is 0.109 e. The summed E-state index contributed by atoms with van der Waals surface area (Å²) in [4.78, 5) is 4.49. The van der Waals surface area contributed by atoms with Crippen molar-refractivity contribution in [3.8, 4) is 0 Å². The van der Waals surface area contributed by atoms with E-state index < -0.39 is 0 Å². The van der Waals surface area contributed by atoms with E-state index in [0.29, 0.717) is 5.88 Å². The second-order valence-electron chi connectivity index (χ2n) is 4.58. The number of hydrogen-bond donors (Lipinski definition) is 0. The van der Waals surface area contributed by atoms with Gasteiger partial charge in [0.05, 0.1) is 18.1 Å². The summed E-state index contributed by atoms with van der Waals surface area (Å²) in [6, 6.07) is 7.91. The largest absolute Gasteiger partial charge is 0.326 e. The summed E-state index contributed by atoms with van der Waals surface area (Å²) in [6.07, 6.45) is 5.16. The van der Waals surface area contributed by atoms with Crippen LogP contribution in [-0.4, -0.2) is 9.55 Å². The lowest BCUT2D eigenvalue weighted by Gasteiger charge is -2.12. The first-order chi connectivity index (χ1) is 9.26. The summed E-state index contributed by atoms with van der Waals surface area (Å²) in [5.74, 6) is 1.57. The fourth-order valence-corrected chi connectivity index (χ4v) is 2.49. The molecular formula is C15H19Cl3N2. The van der Waals surface area contributed by atoms with Crippen LogP contribution in [0.1, 0.15) is 36.8 Å². The van der Waals surface area contributed by atoms with Crippen LogP contribution in [-0.2, 0) is 18.8 Å². The van der Waals surface area contributed by atoms with E-state index >= 15 is 0 Å². The lowest BCUT2D eigenvalue weighted by molar-refractivity contribution is 0.665. The average Bonchev–Trinajstić information content (AvgIpc) is 2.81. The Morgan fingerprint density at radius 3 is 2.65 bits per heavy atom. The minimum Gasteiger partial charge on any atom is -0.326 e. The SMILES string of the molecule is CCCCc1ncc(CCl)n1Cc1ccccc1Cl.Cl. The van der Waals surface area contributed by atoms with Crippen molar-refractivity contribution in [2.45, 2.75) is 38.6 Å². The predicted octanol–water partition coefficient (Wildman–Crippen LogP) is 5.09. The summed E-state index contributed by atoms with van der Waals surface area (Å²) < 4.78 is 2.18. The van der Waals surface area contributed by atoms with E-state index in [4.69, 9.17) is 23.2 Å². The Morgan fingerprint density at radius 1 is 1.25 bits per heavy atom. The van der Waals surface area contributed by atoms with Crippen LogP contribution in [0.3, 0.4) is 0 Å². The van der Waals surface area contributed by atoms with Crippen LogP contribution >= 0.6 is 35.6 Å². The Balaban J connectivity index is 0.00000200. The van der Waals surface area contributed by atoms with Crippen LogP contribution in [0.15, 0.2) is 30.5 Å². The topological polar surface area (TPSA) is 17.8 Å². The van der Waals surface area contributed by atoms with Crippen LogP contribution in [0.4, 0.5) is 0 Å². The first kappa shape index (κ1) is 17.4. The third-order valence-electron chi connectivity index (χ3n) is 3.20. The highest BCUT2D eigenvalue weighted by atomic mass is 35.5. The zero-order chi connectivity index (χ0) is 13.7. The molecule has 1 aromatic carbocycles. The van der Waals surface area contributed by atoms with Gasteiger partial charge in [-0.3, -0.25) is 0 Å². The van der Waals surface area contributed by atoms with Gasteiger partial charge in [-0.2, -0.15) is 0 Å². The molecule has 0 aliphatic carbocycles. The molecule has 0 aliphatic rings. The van der Waals surface area contributed by atoms with Crippen molar-refractivity contribution in [2.24, 2.45) is 0 Å². The molecule has 0 radical (unpaired) electrons. The van der Waals surface area contributed by atoms with Crippen molar-refractivity contribution in [3.05, 3.63) is 52.6 Å². The Morgan fingerprint density at radius 2 is 2.00 bits per heavy atom. The number of halogens is 3. The molecule has 20 heavy (non-hydrogen) atoms. The van der Waals surface area contributed by atoms with E-state index in [9.17, 15) is 0 Å². The van der Waals surface area contributed by atoms with Gasteiger partial charge in [-0.15, -0.1) is 24.0 Å². The van der Waals surface area contributed by atoms with Crippen LogP contribution in [0, 0.1) is 0 Å². The molecule has 0 spiro atoms. The first-order valence-corrected chi connectivity index (χ1v) is 7.50. The van der Waals surface area contributed by atoms with Crippen molar-refractivity contribution in [2.75, 3.05) is 0 Å². The Labute approximate surface area is 136 Å². The average molecular weight is 334 g/mol. The lowest BCUT2D eigenvalue weighted by atomic mass is 10.2. The van der Waals surface area contributed by atoms with E-state index in [2.05, 4.69) is 16.5 Å². The third kappa shape index (κ3) is 4.15. The Hall–Kier alpha value is -0.700. The van der Waals surface area contributed by atoms with Gasteiger partial charge in [0, 0.05) is 17.6 Å². The molecule has 110 valence electrons. The molecule has 0 unspecified atom stereocenters. The van der Waals surface area contributed by atoms with E-state index in [0.717, 1.165) is 47.9 Å². The van der Waals surface area contributed by atoms with Crippen molar-refractivity contribution in [3.63, 3.8) is 0 Å². The van der Waals surface area contributed by atoms with Gasteiger partial charge < -0.3 is 4.57 Å². The van der Waals surface area contributed by atoms with E-state index in [-0.39, 0.29) is 12.4 Å². The number of alkyl halides is 1. The molecule has 2 aromatic rings. The number of hydrogen-bond acceptors (Lipinski definition) is 1. The Kier molecular flexibility index (Phi) is 7.42. The molecule has 0 saturated heterocycles. The number of aryl methyl sites for hydroxylation is 1. The van der Waals surface area contributed by atoms with E-state index in [1.807, 2.05) is 30.5 Å². The highest BCUT2D eigenvalue weighted by molar-refractivity contribution is 6.31. The normalized spacial score (nSPS) is 10.3. The second-order valence-corrected chi connectivity index (χ2v) is 5.25. The molecule has 0 saturated carbocycles. The molecule has 0 atom stereocenters. The monoisotopic (exact) mass is 332 g/mol. The lowest BCUT2D eigenvalue weighted by Crippen LogP contribution is -2.08. The quantitative estimate of drug-likeness (QED) is 0.673. The highest BCUT2D eigenvalue weighted by Crippen LogP contribution is 2.19. The van der Waals surface area contributed by atoms with Crippen LogP contribution in [0.2, 0.25) is 5.02 Å². The summed E-state index contributed by atoms with van der Waals surface area (Å²) in [7, 11) is 0. The van der Waals surface area contributed by atoms with Gasteiger partial charge in [0.2, 0.25) is 0 Å². The zero-order valence-electron chi connectivity index (χ0n) is 11.5. The number of imidazole rings is 1. The van der Waals surface area contributed by atoms with Gasteiger partial charge in [0.15, 0.2) is 0 Å². The minimum absolute atomic E-state index is 0. The van der Waals surface area contributed by atoms with Crippen LogP contribution in [0.25, 0.3) is 0 Å². The summed E-state index contributed by atoms with van der Waals surface area (Å²) >= 11 is 12.2. The van der Waals surface area contributed by atoms with Crippen molar-refractivity contribution in [1.29, 1.82) is 0 Å². The zero-order valence-corrected chi connectivity index (χ0v) is 13.8. The van der Waals surface area contributed by atoms with Crippen LogP contribution in [0.5, 0.6) is 0 Å². The van der Waals surface area contributed by atoms with Gasteiger partial charge in [-0.1, -0.05) is 43.1 Å². The van der Waals surface area contributed by atoms with Gasteiger partial charge in [-0.25, -0.2) is 4.98 Å². The standard InChI is InChI=1S/C15H18Cl2N2.ClH/c1-2-3-8-15-18-10-13(9-16)19(15)11-12-6-4-5-7-14(12)17;/h4-7,10H,2-3,8-9,11H2,1H3;1H. The van der Waals surface area contributed by atoms with Crippen molar-refractivity contribution < 1.29 is 0 Å². The van der Waals surface area contributed by atoms with E-state index in [1.54, 1.807) is 0 Å². The molecule has 1 aromatic heterocycles. The molecule has 0 aliphatic heterocycles. The molecule has 0 bridgehead atoms.